The number of carbonyl (C=O) groups is 1. The predicted molar refractivity (Wildman–Crippen MR) is 253 cm³/mol. The molecule has 0 N–H and O–H groups in total. The SMILES string of the molecule is Cc1c(F)cc2c(cnn2C2CCCCO2)c1-c1c(C2CC2)cc2c(N3C[C@@H]4C[C@H]3CN4C(=O)OC(C)(C)C)nc(OC3CCOCC3)nc2c1OCc1ccc(Cc2ncn(C3CC3)n2)cc1. The first-order valence-corrected chi connectivity index (χ1v) is 24.8. The Bertz CT molecular complexity index is 2870. The summed E-state index contributed by atoms with van der Waals surface area (Å²) in [7, 11) is 0. The van der Waals surface area contributed by atoms with Crippen LogP contribution in [-0.2, 0) is 27.2 Å². The van der Waals surface area contributed by atoms with Gasteiger partial charge in [0.2, 0.25) is 0 Å². The fraction of sp³-hybridized carbons (Fsp3) is 0.538. The van der Waals surface area contributed by atoms with E-state index in [0.717, 1.165) is 114 Å². The average Bonchev–Trinajstić information content (AvgIpc) is 4.19. The van der Waals surface area contributed by atoms with E-state index in [-0.39, 0.29) is 54.9 Å². The lowest BCUT2D eigenvalue weighted by Crippen LogP contribution is -2.50. The number of likely N-dealkylation sites (tertiary alicyclic amines) is 1. The number of ether oxygens (including phenoxy) is 5. The Balaban J connectivity index is 0.997. The van der Waals surface area contributed by atoms with Gasteiger partial charge < -0.3 is 33.5 Å². The summed E-state index contributed by atoms with van der Waals surface area (Å²) in [4.78, 5) is 32.8. The second kappa shape index (κ2) is 17.3. The van der Waals surface area contributed by atoms with Crippen molar-refractivity contribution in [3.8, 4) is 22.9 Å². The summed E-state index contributed by atoms with van der Waals surface area (Å²) in [6.07, 6.45) is 13.0. The highest BCUT2D eigenvalue weighted by atomic mass is 19.1. The van der Waals surface area contributed by atoms with Crippen LogP contribution in [0.2, 0.25) is 0 Å². The lowest BCUT2D eigenvalue weighted by atomic mass is 9.88. The van der Waals surface area contributed by atoms with Crippen LogP contribution < -0.4 is 14.4 Å². The van der Waals surface area contributed by atoms with Crippen molar-refractivity contribution in [3.05, 3.63) is 82.8 Å². The highest BCUT2D eigenvalue weighted by molar-refractivity contribution is 6.06. The minimum atomic E-state index is -0.599. The van der Waals surface area contributed by atoms with Crippen molar-refractivity contribution in [2.24, 2.45) is 0 Å². The number of aromatic nitrogens is 7. The molecule has 1 amide bonds. The van der Waals surface area contributed by atoms with Gasteiger partial charge in [-0.05, 0) is 113 Å². The van der Waals surface area contributed by atoms with Gasteiger partial charge in [0.25, 0.3) is 0 Å². The zero-order chi connectivity index (χ0) is 46.3. The second-order valence-corrected chi connectivity index (χ2v) is 20.8. The van der Waals surface area contributed by atoms with Crippen molar-refractivity contribution < 1.29 is 32.9 Å². The highest BCUT2D eigenvalue weighted by Crippen LogP contribution is 2.54. The lowest BCUT2D eigenvalue weighted by molar-refractivity contribution is -0.0366. The topological polar surface area (TPSA) is 144 Å². The first-order chi connectivity index (χ1) is 33.0. The summed E-state index contributed by atoms with van der Waals surface area (Å²) >= 11 is 0. The van der Waals surface area contributed by atoms with Crippen molar-refractivity contribution in [2.75, 3.05) is 37.8 Å². The van der Waals surface area contributed by atoms with Crippen LogP contribution in [0.25, 0.3) is 32.9 Å². The Labute approximate surface area is 395 Å². The van der Waals surface area contributed by atoms with Crippen LogP contribution in [0.5, 0.6) is 11.8 Å². The van der Waals surface area contributed by atoms with E-state index in [0.29, 0.717) is 67.7 Å². The molecule has 356 valence electrons. The molecule has 2 bridgehead atoms. The molecule has 15 nitrogen and oxygen atoms in total. The third-order valence-electron chi connectivity index (χ3n) is 14.6. The van der Waals surface area contributed by atoms with Gasteiger partial charge in [-0.3, -0.25) is 0 Å². The molecular formula is C52H60FN9O6. The Morgan fingerprint density at radius 2 is 1.69 bits per heavy atom. The molecule has 1 unspecified atom stereocenters. The molecule has 6 aliphatic rings. The molecule has 2 saturated carbocycles. The van der Waals surface area contributed by atoms with E-state index >= 15 is 4.39 Å². The zero-order valence-electron chi connectivity index (χ0n) is 39.5. The van der Waals surface area contributed by atoms with Crippen molar-refractivity contribution >= 4 is 33.7 Å². The molecule has 12 rings (SSSR count). The second-order valence-electron chi connectivity index (χ2n) is 20.8. The Morgan fingerprint density at radius 1 is 0.882 bits per heavy atom. The monoisotopic (exact) mass is 925 g/mol. The molecule has 4 saturated heterocycles. The van der Waals surface area contributed by atoms with Gasteiger partial charge in [-0.25, -0.2) is 23.5 Å². The lowest BCUT2D eigenvalue weighted by Gasteiger charge is -2.36. The normalized spacial score (nSPS) is 22.2. The van der Waals surface area contributed by atoms with Crippen LogP contribution in [0.3, 0.4) is 0 Å². The van der Waals surface area contributed by atoms with Crippen molar-refractivity contribution in [3.63, 3.8) is 0 Å². The zero-order valence-corrected chi connectivity index (χ0v) is 39.5. The smallest absolute Gasteiger partial charge is 0.410 e. The van der Waals surface area contributed by atoms with E-state index in [1.54, 1.807) is 6.07 Å². The minimum absolute atomic E-state index is 0.00378. The summed E-state index contributed by atoms with van der Waals surface area (Å²) in [6.45, 7) is 10.7. The van der Waals surface area contributed by atoms with Gasteiger partial charge in [0, 0.05) is 66.9 Å². The molecule has 68 heavy (non-hydrogen) atoms. The highest BCUT2D eigenvalue weighted by Gasteiger charge is 2.48. The number of hydrogen-bond acceptors (Lipinski definition) is 12. The van der Waals surface area contributed by atoms with E-state index in [1.807, 2.05) is 54.5 Å². The van der Waals surface area contributed by atoms with Crippen LogP contribution in [0.1, 0.15) is 131 Å². The van der Waals surface area contributed by atoms with Crippen molar-refractivity contribution in [1.29, 1.82) is 0 Å². The van der Waals surface area contributed by atoms with Gasteiger partial charge in [0.05, 0.1) is 43.1 Å². The van der Waals surface area contributed by atoms with E-state index in [1.165, 1.54) is 0 Å². The maximum atomic E-state index is 16.7. The number of fused-ring (bicyclic) bond motifs is 4. The fourth-order valence-electron chi connectivity index (χ4n) is 10.7. The molecule has 4 aliphatic heterocycles. The number of carbonyl (C=O) groups excluding carboxylic acids is 1. The largest absolute Gasteiger partial charge is 0.486 e. The van der Waals surface area contributed by atoms with Gasteiger partial charge in [-0.2, -0.15) is 20.2 Å². The Kier molecular flexibility index (Phi) is 11.0. The molecule has 16 heteroatoms. The number of piperazine rings is 1. The Morgan fingerprint density at radius 3 is 2.41 bits per heavy atom. The van der Waals surface area contributed by atoms with Crippen LogP contribution in [0.4, 0.5) is 15.0 Å². The number of halogens is 1. The maximum Gasteiger partial charge on any atom is 0.410 e. The van der Waals surface area contributed by atoms with Gasteiger partial charge in [-0.1, -0.05) is 24.3 Å². The molecule has 3 atom stereocenters. The predicted octanol–water partition coefficient (Wildman–Crippen LogP) is 9.52. The van der Waals surface area contributed by atoms with E-state index in [9.17, 15) is 4.79 Å². The molecule has 6 aromatic rings. The van der Waals surface area contributed by atoms with Crippen molar-refractivity contribution in [2.45, 2.75) is 147 Å². The first kappa shape index (κ1) is 43.4. The molecular weight excluding hydrogens is 866 g/mol. The standard InChI is InChI=1S/C52H60FN9O6/c1-30-41(53)24-42-40(25-55-62(42)44-7-5-6-18-65-44)45(30)46-38(33-12-13-33)23-39-47(48(46)66-28-32-10-8-31(9-11-32)21-43-54-29-61(58-43)34-14-15-34)56-50(67-37-16-19-64-20-17-37)57-49(39)59-26-36-22-35(59)27-60(36)51(63)68-52(2,3)4/h8-11,23-25,29,33-37,44H,5-7,12-22,26-28H2,1-4H3/t35-,36-,44?/m0/s1. The van der Waals surface area contributed by atoms with Crippen LogP contribution in [-0.4, -0.2) is 102 Å². The first-order valence-electron chi connectivity index (χ1n) is 24.8. The molecule has 0 radical (unpaired) electrons. The molecule has 6 fully saturated rings. The average molecular weight is 926 g/mol. The number of amides is 1. The van der Waals surface area contributed by atoms with Crippen LogP contribution >= 0.6 is 0 Å². The molecule has 0 spiro atoms. The number of nitrogens with zero attached hydrogens (tertiary/aromatic N) is 9. The number of hydrogen-bond donors (Lipinski definition) is 0. The summed E-state index contributed by atoms with van der Waals surface area (Å²) in [5, 5.41) is 11.3. The van der Waals surface area contributed by atoms with Gasteiger partial charge >= 0.3 is 12.1 Å². The number of anilines is 1. The Hall–Kier alpha value is -5.87. The van der Waals surface area contributed by atoms with Gasteiger partial charge in [-0.15, -0.1) is 0 Å². The summed E-state index contributed by atoms with van der Waals surface area (Å²) in [5.74, 6) is 2.00. The van der Waals surface area contributed by atoms with Crippen molar-refractivity contribution in [1.82, 2.24) is 39.4 Å². The number of benzene rings is 3. The quantitative estimate of drug-likeness (QED) is 0.115. The maximum absolute atomic E-state index is 16.7. The van der Waals surface area contributed by atoms with Crippen LogP contribution in [0, 0.1) is 12.7 Å². The summed E-state index contributed by atoms with van der Waals surface area (Å²) in [5.41, 5.74) is 5.91. The van der Waals surface area contributed by atoms with E-state index < -0.39 is 5.60 Å². The van der Waals surface area contributed by atoms with Crippen LogP contribution in [0.15, 0.2) is 48.9 Å². The molecule has 3 aromatic carbocycles. The van der Waals surface area contributed by atoms with Gasteiger partial charge in [0.15, 0.2) is 17.8 Å². The summed E-state index contributed by atoms with van der Waals surface area (Å²) in [6, 6.07) is 13.0. The van der Waals surface area contributed by atoms with Gasteiger partial charge in [0.1, 0.15) is 41.8 Å². The molecule has 7 heterocycles. The molecule has 2 aliphatic carbocycles. The van der Waals surface area contributed by atoms with E-state index in [4.69, 9.17) is 43.8 Å². The minimum Gasteiger partial charge on any atom is -0.486 e. The molecule has 3 aromatic heterocycles. The fourth-order valence-corrected chi connectivity index (χ4v) is 10.7. The number of rotatable bonds is 12. The van der Waals surface area contributed by atoms with E-state index in [2.05, 4.69) is 40.2 Å². The third kappa shape index (κ3) is 8.41. The summed E-state index contributed by atoms with van der Waals surface area (Å²) < 4.78 is 52.3. The third-order valence-corrected chi connectivity index (χ3v) is 14.6.